The monoisotopic (exact) mass is 180 g/mol. The number of carbonyl (C=O) groups excluding carboxylic acids is 1. The first-order valence-corrected chi connectivity index (χ1v) is 4.09. The fraction of sp³-hybridized carbons (Fsp3) is 0.300. The van der Waals surface area contributed by atoms with Crippen LogP contribution < -0.4 is 4.74 Å². The maximum atomic E-state index is 11.2. The molecule has 0 saturated carbocycles. The number of carbonyl (C=O) groups is 1. The van der Waals surface area contributed by atoms with E-state index in [0.717, 1.165) is 0 Å². The fourth-order valence-electron chi connectivity index (χ4n) is 1.03. The van der Waals surface area contributed by atoms with Crippen LogP contribution in [0.4, 0.5) is 0 Å². The summed E-state index contributed by atoms with van der Waals surface area (Å²) in [4.78, 5) is 11.2. The molecule has 0 unspecified atom stereocenters. The zero-order valence-corrected chi connectivity index (χ0v) is 7.74. The molecule has 13 heavy (non-hydrogen) atoms. The molecule has 0 aliphatic heterocycles. The molecule has 0 spiro atoms. The highest BCUT2D eigenvalue weighted by atomic mass is 16.5. The van der Waals surface area contributed by atoms with Gasteiger partial charge in [0.25, 0.3) is 0 Å². The Morgan fingerprint density at radius 3 is 2.69 bits per heavy atom. The average Bonchev–Trinajstić information content (AvgIpc) is 2.18. The Morgan fingerprint density at radius 1 is 1.38 bits per heavy atom. The highest BCUT2D eigenvalue weighted by Crippen LogP contribution is 2.18. The van der Waals surface area contributed by atoms with Crippen molar-refractivity contribution in [3.8, 4) is 5.75 Å². The summed E-state index contributed by atoms with van der Waals surface area (Å²) in [6.45, 7) is 2.40. The van der Waals surface area contributed by atoms with Crippen molar-refractivity contribution >= 4 is 5.97 Å². The van der Waals surface area contributed by atoms with Gasteiger partial charge in [0.2, 0.25) is 0 Å². The Bertz CT molecular complexity index is 294. The lowest BCUT2D eigenvalue weighted by atomic mass is 10.2. The number of methoxy groups -OCH3 is 1. The molecule has 0 saturated heterocycles. The molecule has 1 rings (SSSR count). The smallest absolute Gasteiger partial charge is 0.341 e. The second-order valence-electron chi connectivity index (χ2n) is 2.42. The molecule has 0 bridgehead atoms. The van der Waals surface area contributed by atoms with Gasteiger partial charge in [-0.2, -0.15) is 0 Å². The molecule has 0 amide bonds. The van der Waals surface area contributed by atoms with Gasteiger partial charge in [-0.1, -0.05) is 12.1 Å². The summed E-state index contributed by atoms with van der Waals surface area (Å²) in [5.41, 5.74) is 0.465. The van der Waals surface area contributed by atoms with Crippen LogP contribution in [-0.2, 0) is 4.74 Å². The summed E-state index contributed by atoms with van der Waals surface area (Å²) >= 11 is 0. The van der Waals surface area contributed by atoms with Crippen LogP contribution in [0.2, 0.25) is 0 Å². The lowest BCUT2D eigenvalue weighted by Gasteiger charge is -2.07. The summed E-state index contributed by atoms with van der Waals surface area (Å²) < 4.78 is 9.86. The van der Waals surface area contributed by atoms with Gasteiger partial charge in [-0.15, -0.1) is 0 Å². The first-order valence-electron chi connectivity index (χ1n) is 4.09. The molecule has 70 valence electrons. The van der Waals surface area contributed by atoms with Gasteiger partial charge in [0.1, 0.15) is 11.3 Å². The van der Waals surface area contributed by atoms with Crippen molar-refractivity contribution in [1.82, 2.24) is 0 Å². The van der Waals surface area contributed by atoms with Crippen molar-refractivity contribution < 1.29 is 14.3 Å². The van der Waals surface area contributed by atoms with E-state index in [0.29, 0.717) is 17.9 Å². The number of hydrogen-bond donors (Lipinski definition) is 0. The van der Waals surface area contributed by atoms with Crippen LogP contribution in [0, 0.1) is 0 Å². The molecular weight excluding hydrogens is 168 g/mol. The van der Waals surface area contributed by atoms with E-state index in [1.165, 1.54) is 7.11 Å². The van der Waals surface area contributed by atoms with E-state index < -0.39 is 0 Å². The van der Waals surface area contributed by atoms with Crippen molar-refractivity contribution in [2.24, 2.45) is 0 Å². The summed E-state index contributed by atoms with van der Waals surface area (Å²) in [5, 5.41) is 0. The summed E-state index contributed by atoms with van der Waals surface area (Å²) in [7, 11) is 1.35. The van der Waals surface area contributed by atoms with Gasteiger partial charge in [-0.25, -0.2) is 4.79 Å². The zero-order chi connectivity index (χ0) is 9.68. The van der Waals surface area contributed by atoms with Crippen LogP contribution in [0.25, 0.3) is 0 Å². The molecule has 0 fully saturated rings. The maximum Gasteiger partial charge on any atom is 0.341 e. The van der Waals surface area contributed by atoms with Crippen molar-refractivity contribution in [2.45, 2.75) is 6.92 Å². The molecule has 3 nitrogen and oxygen atoms in total. The Morgan fingerprint density at radius 2 is 2.08 bits per heavy atom. The summed E-state index contributed by atoms with van der Waals surface area (Å²) in [5.74, 6) is 0.195. The van der Waals surface area contributed by atoms with Crippen LogP contribution in [0.3, 0.4) is 0 Å². The first kappa shape index (κ1) is 9.58. The number of rotatable bonds is 3. The predicted molar refractivity (Wildman–Crippen MR) is 49.0 cm³/mol. The molecule has 3 heteroatoms. The Kier molecular flexibility index (Phi) is 3.31. The molecule has 0 aliphatic rings. The van der Waals surface area contributed by atoms with E-state index in [1.807, 2.05) is 13.0 Å². The predicted octanol–water partition coefficient (Wildman–Crippen LogP) is 1.87. The van der Waals surface area contributed by atoms with Crippen molar-refractivity contribution in [3.05, 3.63) is 29.8 Å². The van der Waals surface area contributed by atoms with Gasteiger partial charge >= 0.3 is 5.97 Å². The van der Waals surface area contributed by atoms with Gasteiger partial charge < -0.3 is 9.47 Å². The average molecular weight is 180 g/mol. The standard InChI is InChI=1S/C10H12O3/c1-3-13-9-7-5-4-6-8(9)10(11)12-2/h4-7H,3H2,1-2H3. The third-order valence-electron chi connectivity index (χ3n) is 1.59. The Labute approximate surface area is 77.3 Å². The third kappa shape index (κ3) is 2.21. The topological polar surface area (TPSA) is 35.5 Å². The number of hydrogen-bond acceptors (Lipinski definition) is 3. The quantitative estimate of drug-likeness (QED) is 0.666. The second kappa shape index (κ2) is 4.50. The largest absolute Gasteiger partial charge is 0.493 e. The molecule has 0 atom stereocenters. The van der Waals surface area contributed by atoms with Crippen LogP contribution in [0.15, 0.2) is 24.3 Å². The van der Waals surface area contributed by atoms with E-state index in [9.17, 15) is 4.79 Å². The van der Waals surface area contributed by atoms with Gasteiger partial charge in [-0.3, -0.25) is 0 Å². The van der Waals surface area contributed by atoms with Gasteiger partial charge in [0, 0.05) is 0 Å². The molecule has 0 aromatic heterocycles. The van der Waals surface area contributed by atoms with Crippen molar-refractivity contribution in [2.75, 3.05) is 13.7 Å². The summed E-state index contributed by atoms with van der Waals surface area (Å²) in [6.07, 6.45) is 0. The van der Waals surface area contributed by atoms with Crippen molar-refractivity contribution in [3.63, 3.8) is 0 Å². The van der Waals surface area contributed by atoms with Gasteiger partial charge in [0.15, 0.2) is 0 Å². The van der Waals surface area contributed by atoms with E-state index in [1.54, 1.807) is 18.2 Å². The van der Waals surface area contributed by atoms with E-state index >= 15 is 0 Å². The van der Waals surface area contributed by atoms with Crippen LogP contribution >= 0.6 is 0 Å². The highest BCUT2D eigenvalue weighted by Gasteiger charge is 2.10. The lowest BCUT2D eigenvalue weighted by molar-refractivity contribution is 0.0596. The minimum Gasteiger partial charge on any atom is -0.493 e. The normalized spacial score (nSPS) is 9.38. The van der Waals surface area contributed by atoms with Crippen LogP contribution in [0.1, 0.15) is 17.3 Å². The number of esters is 1. The number of ether oxygens (including phenoxy) is 2. The molecule has 0 N–H and O–H groups in total. The molecule has 0 radical (unpaired) electrons. The molecular formula is C10H12O3. The third-order valence-corrected chi connectivity index (χ3v) is 1.59. The molecule has 0 heterocycles. The minimum absolute atomic E-state index is 0.371. The van der Waals surface area contributed by atoms with Gasteiger partial charge in [-0.05, 0) is 19.1 Å². The Balaban J connectivity index is 2.97. The highest BCUT2D eigenvalue weighted by molar-refractivity contribution is 5.92. The van der Waals surface area contributed by atoms with E-state index in [4.69, 9.17) is 4.74 Å². The molecule has 1 aromatic carbocycles. The molecule has 0 aliphatic carbocycles. The van der Waals surface area contributed by atoms with Gasteiger partial charge in [0.05, 0.1) is 13.7 Å². The van der Waals surface area contributed by atoms with Crippen molar-refractivity contribution in [1.29, 1.82) is 0 Å². The van der Waals surface area contributed by atoms with Crippen LogP contribution in [0.5, 0.6) is 5.75 Å². The first-order chi connectivity index (χ1) is 6.29. The maximum absolute atomic E-state index is 11.2. The van der Waals surface area contributed by atoms with Crippen LogP contribution in [-0.4, -0.2) is 19.7 Å². The zero-order valence-electron chi connectivity index (χ0n) is 7.74. The lowest BCUT2D eigenvalue weighted by Crippen LogP contribution is -2.05. The van der Waals surface area contributed by atoms with E-state index in [2.05, 4.69) is 4.74 Å². The number of para-hydroxylation sites is 1. The SMILES string of the molecule is CCOc1ccccc1C(=O)OC. The van der Waals surface area contributed by atoms with E-state index in [-0.39, 0.29) is 5.97 Å². The second-order valence-corrected chi connectivity index (χ2v) is 2.42. The summed E-state index contributed by atoms with van der Waals surface area (Å²) in [6, 6.07) is 7.01. The fourth-order valence-corrected chi connectivity index (χ4v) is 1.03. The molecule has 1 aromatic rings. The number of benzene rings is 1. The Hall–Kier alpha value is -1.51. The minimum atomic E-state index is -0.371.